The van der Waals surface area contributed by atoms with Gasteiger partial charge in [-0.25, -0.2) is 0 Å². The molecule has 1 aliphatic heterocycles. The van der Waals surface area contributed by atoms with Gasteiger partial charge in [0.05, 0.1) is 0 Å². The van der Waals surface area contributed by atoms with Crippen LogP contribution in [0.2, 0.25) is 0 Å². The van der Waals surface area contributed by atoms with E-state index in [9.17, 15) is 0 Å². The number of hydrogen-bond donors (Lipinski definition) is 1. The lowest BCUT2D eigenvalue weighted by Gasteiger charge is -2.32. The van der Waals surface area contributed by atoms with Crippen LogP contribution in [0.3, 0.4) is 0 Å². The highest BCUT2D eigenvalue weighted by Gasteiger charge is 2.18. The van der Waals surface area contributed by atoms with Gasteiger partial charge in [0.15, 0.2) is 0 Å². The zero-order chi connectivity index (χ0) is 13.0. The SMILES string of the molecule is CCCN1CCC(Nc2ccc(Br)c(I)c2)CC1. The molecule has 0 aliphatic carbocycles. The molecule has 1 N–H and O–H groups in total. The van der Waals surface area contributed by atoms with Crippen molar-refractivity contribution in [2.24, 2.45) is 0 Å². The molecule has 0 saturated carbocycles. The van der Waals surface area contributed by atoms with Crippen molar-refractivity contribution in [1.29, 1.82) is 0 Å². The molecule has 0 unspecified atom stereocenters. The third-order valence-corrected chi connectivity index (χ3v) is 5.74. The van der Waals surface area contributed by atoms with Crippen LogP contribution in [-0.2, 0) is 0 Å². The monoisotopic (exact) mass is 422 g/mol. The second-order valence-electron chi connectivity index (χ2n) is 4.89. The maximum absolute atomic E-state index is 3.66. The third kappa shape index (κ3) is 4.10. The highest BCUT2D eigenvalue weighted by molar-refractivity contribution is 14.1. The number of piperidine rings is 1. The first kappa shape index (κ1) is 14.6. The molecule has 1 heterocycles. The molecule has 1 saturated heterocycles. The van der Waals surface area contributed by atoms with Crippen molar-refractivity contribution in [3.8, 4) is 0 Å². The molecule has 1 aliphatic rings. The van der Waals surface area contributed by atoms with E-state index >= 15 is 0 Å². The molecule has 0 aromatic heterocycles. The van der Waals surface area contributed by atoms with E-state index in [1.165, 1.54) is 52.6 Å². The Bertz CT molecular complexity index is 389. The van der Waals surface area contributed by atoms with Crippen LogP contribution in [0.5, 0.6) is 0 Å². The molecule has 0 atom stereocenters. The molecule has 18 heavy (non-hydrogen) atoms. The number of hydrogen-bond acceptors (Lipinski definition) is 2. The molecule has 4 heteroatoms. The van der Waals surface area contributed by atoms with Crippen LogP contribution in [0, 0.1) is 3.57 Å². The summed E-state index contributed by atoms with van der Waals surface area (Å²) in [5, 5.41) is 3.66. The molecule has 1 aromatic carbocycles. The van der Waals surface area contributed by atoms with Crippen molar-refractivity contribution in [2.45, 2.75) is 32.2 Å². The van der Waals surface area contributed by atoms with Gasteiger partial charge < -0.3 is 10.2 Å². The largest absolute Gasteiger partial charge is 0.382 e. The molecular weight excluding hydrogens is 403 g/mol. The van der Waals surface area contributed by atoms with Crippen molar-refractivity contribution in [3.05, 3.63) is 26.2 Å². The number of nitrogens with one attached hydrogen (secondary N) is 1. The average molecular weight is 423 g/mol. The average Bonchev–Trinajstić information content (AvgIpc) is 2.37. The number of nitrogens with zero attached hydrogens (tertiary/aromatic N) is 1. The first-order valence-electron chi connectivity index (χ1n) is 6.63. The van der Waals surface area contributed by atoms with E-state index in [4.69, 9.17) is 0 Å². The van der Waals surface area contributed by atoms with Gasteiger partial charge in [0, 0.05) is 32.9 Å². The molecular formula is C14H20BrIN2. The topological polar surface area (TPSA) is 15.3 Å². The van der Waals surface area contributed by atoms with Gasteiger partial charge in [-0.1, -0.05) is 6.92 Å². The van der Waals surface area contributed by atoms with Crippen molar-refractivity contribution < 1.29 is 0 Å². The van der Waals surface area contributed by atoms with Crippen molar-refractivity contribution >= 4 is 44.2 Å². The first-order valence-corrected chi connectivity index (χ1v) is 8.50. The highest BCUT2D eigenvalue weighted by Crippen LogP contribution is 2.24. The van der Waals surface area contributed by atoms with Gasteiger partial charge in [-0.05, 0) is 82.5 Å². The normalized spacial score (nSPS) is 17.9. The van der Waals surface area contributed by atoms with Gasteiger partial charge in [-0.2, -0.15) is 0 Å². The van der Waals surface area contributed by atoms with Gasteiger partial charge in [-0.15, -0.1) is 0 Å². The van der Waals surface area contributed by atoms with E-state index in [0.29, 0.717) is 6.04 Å². The predicted molar refractivity (Wildman–Crippen MR) is 90.2 cm³/mol. The fraction of sp³-hybridized carbons (Fsp3) is 0.571. The maximum atomic E-state index is 3.66. The Morgan fingerprint density at radius 3 is 2.72 bits per heavy atom. The van der Waals surface area contributed by atoms with Gasteiger partial charge in [-0.3, -0.25) is 0 Å². The number of benzene rings is 1. The van der Waals surface area contributed by atoms with Crippen LogP contribution in [0.15, 0.2) is 22.7 Å². The Labute approximate surface area is 132 Å². The number of likely N-dealkylation sites (tertiary alicyclic amines) is 1. The Kier molecular flexibility index (Phi) is 5.76. The Morgan fingerprint density at radius 2 is 2.11 bits per heavy atom. The molecule has 1 fully saturated rings. The summed E-state index contributed by atoms with van der Waals surface area (Å²) in [4.78, 5) is 2.57. The van der Waals surface area contributed by atoms with Crippen molar-refractivity contribution in [3.63, 3.8) is 0 Å². The molecule has 0 spiro atoms. The molecule has 0 bridgehead atoms. The van der Waals surface area contributed by atoms with Crippen molar-refractivity contribution in [1.82, 2.24) is 4.90 Å². The quantitative estimate of drug-likeness (QED) is 0.726. The van der Waals surface area contributed by atoms with Gasteiger partial charge in [0.1, 0.15) is 0 Å². The summed E-state index contributed by atoms with van der Waals surface area (Å²) >= 11 is 5.90. The smallest absolute Gasteiger partial charge is 0.0353 e. The van der Waals surface area contributed by atoms with E-state index in [2.05, 4.69) is 73.9 Å². The van der Waals surface area contributed by atoms with Crippen LogP contribution < -0.4 is 5.32 Å². The van der Waals surface area contributed by atoms with E-state index in [1.807, 2.05) is 0 Å². The summed E-state index contributed by atoms with van der Waals surface area (Å²) in [5.74, 6) is 0. The molecule has 2 nitrogen and oxygen atoms in total. The van der Waals surface area contributed by atoms with Crippen LogP contribution in [0.4, 0.5) is 5.69 Å². The van der Waals surface area contributed by atoms with Crippen LogP contribution in [0.25, 0.3) is 0 Å². The third-order valence-electron chi connectivity index (χ3n) is 3.42. The van der Waals surface area contributed by atoms with Crippen LogP contribution in [0.1, 0.15) is 26.2 Å². The summed E-state index contributed by atoms with van der Waals surface area (Å²) in [6, 6.07) is 7.12. The summed E-state index contributed by atoms with van der Waals surface area (Å²) < 4.78 is 2.44. The Balaban J connectivity index is 1.85. The van der Waals surface area contributed by atoms with E-state index in [1.54, 1.807) is 0 Å². The van der Waals surface area contributed by atoms with Crippen LogP contribution >= 0.6 is 38.5 Å². The molecule has 1 aromatic rings. The minimum Gasteiger partial charge on any atom is -0.382 e. The molecule has 0 amide bonds. The molecule has 2 rings (SSSR count). The standard InChI is InChI=1S/C14H20BrIN2/c1-2-7-18-8-5-11(6-9-18)17-12-3-4-13(15)14(16)10-12/h3-4,10-11,17H,2,5-9H2,1H3. The first-order chi connectivity index (χ1) is 8.69. The highest BCUT2D eigenvalue weighted by atomic mass is 127. The van der Waals surface area contributed by atoms with Crippen LogP contribution in [-0.4, -0.2) is 30.6 Å². The Hall–Kier alpha value is 0.190. The maximum Gasteiger partial charge on any atom is 0.0353 e. The second-order valence-corrected chi connectivity index (χ2v) is 6.91. The zero-order valence-electron chi connectivity index (χ0n) is 10.8. The minimum absolute atomic E-state index is 0.634. The summed E-state index contributed by atoms with van der Waals surface area (Å²) in [6.07, 6.45) is 3.78. The minimum atomic E-state index is 0.634. The lowest BCUT2D eigenvalue weighted by Crippen LogP contribution is -2.39. The van der Waals surface area contributed by atoms with Crippen molar-refractivity contribution in [2.75, 3.05) is 25.0 Å². The van der Waals surface area contributed by atoms with Gasteiger partial charge in [0.25, 0.3) is 0 Å². The van der Waals surface area contributed by atoms with Gasteiger partial charge in [0.2, 0.25) is 0 Å². The fourth-order valence-corrected chi connectivity index (χ4v) is 3.20. The molecule has 100 valence electrons. The summed E-state index contributed by atoms with van der Waals surface area (Å²) in [7, 11) is 0. The fourth-order valence-electron chi connectivity index (χ4n) is 2.44. The number of anilines is 1. The summed E-state index contributed by atoms with van der Waals surface area (Å²) in [6.45, 7) is 5.98. The zero-order valence-corrected chi connectivity index (χ0v) is 14.5. The van der Waals surface area contributed by atoms with E-state index in [-0.39, 0.29) is 0 Å². The lowest BCUT2D eigenvalue weighted by atomic mass is 10.0. The second kappa shape index (κ2) is 7.10. The van der Waals surface area contributed by atoms with Gasteiger partial charge >= 0.3 is 0 Å². The van der Waals surface area contributed by atoms with E-state index < -0.39 is 0 Å². The van der Waals surface area contributed by atoms with E-state index in [0.717, 1.165) is 0 Å². The Morgan fingerprint density at radius 1 is 1.39 bits per heavy atom. The summed E-state index contributed by atoms with van der Waals surface area (Å²) in [5.41, 5.74) is 1.25. The number of halogens is 2. The number of rotatable bonds is 4. The predicted octanol–water partition coefficient (Wildman–Crippen LogP) is 4.34. The lowest BCUT2D eigenvalue weighted by molar-refractivity contribution is 0.219. The molecule has 0 radical (unpaired) electrons.